The highest BCUT2D eigenvalue weighted by Gasteiger charge is 2.29. The Morgan fingerprint density at radius 1 is 1.50 bits per heavy atom. The van der Waals surface area contributed by atoms with Crippen LogP contribution in [0.4, 0.5) is 5.95 Å². The molecule has 0 spiro atoms. The first-order valence-electron chi connectivity index (χ1n) is 5.98. The van der Waals surface area contributed by atoms with E-state index in [1.54, 1.807) is 0 Å². The van der Waals surface area contributed by atoms with Crippen LogP contribution in [0.25, 0.3) is 0 Å². The lowest BCUT2D eigenvalue weighted by molar-refractivity contribution is 0.0458. The fourth-order valence-electron chi connectivity index (χ4n) is 2.23. The highest BCUT2D eigenvalue weighted by molar-refractivity contribution is 5.33. The van der Waals surface area contributed by atoms with Crippen LogP contribution in [0.15, 0.2) is 12.4 Å². The van der Waals surface area contributed by atoms with Gasteiger partial charge >= 0.3 is 0 Å². The molecular weight excluding hydrogens is 204 g/mol. The second-order valence-electron chi connectivity index (χ2n) is 4.54. The van der Waals surface area contributed by atoms with E-state index in [0.29, 0.717) is 12.6 Å². The number of rotatable bonds is 3. The normalized spacial score (nSPS) is 26.1. The Morgan fingerprint density at radius 3 is 3.12 bits per heavy atom. The number of morpholine rings is 1. The molecular formula is C11H18N4O. The molecule has 16 heavy (non-hydrogen) atoms. The maximum atomic E-state index is 5.65. The number of nitrogens with zero attached hydrogens (tertiary/aromatic N) is 3. The Bertz CT molecular complexity index is 361. The van der Waals surface area contributed by atoms with Gasteiger partial charge in [-0.1, -0.05) is 0 Å². The molecule has 1 aliphatic carbocycles. The molecule has 2 aliphatic rings. The Balaban J connectivity index is 1.77. The zero-order valence-electron chi connectivity index (χ0n) is 9.38. The predicted molar refractivity (Wildman–Crippen MR) is 61.5 cm³/mol. The van der Waals surface area contributed by atoms with Crippen molar-refractivity contribution in [2.75, 3.05) is 31.1 Å². The number of imidazole rings is 1. The summed E-state index contributed by atoms with van der Waals surface area (Å²) in [5, 5.41) is 0. The summed E-state index contributed by atoms with van der Waals surface area (Å²) in [7, 11) is 0. The maximum Gasteiger partial charge on any atom is 0.205 e. The van der Waals surface area contributed by atoms with Crippen LogP contribution in [0.1, 0.15) is 18.9 Å². The van der Waals surface area contributed by atoms with Gasteiger partial charge in [0.25, 0.3) is 0 Å². The van der Waals surface area contributed by atoms with Crippen molar-refractivity contribution in [1.82, 2.24) is 9.55 Å². The van der Waals surface area contributed by atoms with E-state index < -0.39 is 0 Å². The molecule has 3 rings (SSSR count). The molecule has 2 heterocycles. The lowest BCUT2D eigenvalue weighted by atomic mass is 10.3. The maximum absolute atomic E-state index is 5.65. The number of anilines is 1. The molecule has 2 N–H and O–H groups in total. The van der Waals surface area contributed by atoms with Crippen molar-refractivity contribution in [1.29, 1.82) is 0 Å². The molecule has 1 aliphatic heterocycles. The van der Waals surface area contributed by atoms with Gasteiger partial charge in [-0.05, 0) is 12.8 Å². The molecule has 1 saturated heterocycles. The third-order valence-corrected chi connectivity index (χ3v) is 3.27. The monoisotopic (exact) mass is 222 g/mol. The number of hydrogen-bond donors (Lipinski definition) is 1. The molecule has 0 aromatic carbocycles. The van der Waals surface area contributed by atoms with Crippen LogP contribution < -0.4 is 10.6 Å². The van der Waals surface area contributed by atoms with Crippen molar-refractivity contribution in [3.8, 4) is 0 Å². The largest absolute Gasteiger partial charge is 0.373 e. The van der Waals surface area contributed by atoms with Gasteiger partial charge in [-0.3, -0.25) is 0 Å². The molecule has 0 bridgehead atoms. The predicted octanol–water partition coefficient (Wildman–Crippen LogP) is 0.382. The molecule has 5 heteroatoms. The van der Waals surface area contributed by atoms with E-state index in [4.69, 9.17) is 10.5 Å². The molecule has 0 radical (unpaired) electrons. The molecule has 88 valence electrons. The Hall–Kier alpha value is -1.07. The van der Waals surface area contributed by atoms with E-state index in [1.165, 1.54) is 12.8 Å². The smallest absolute Gasteiger partial charge is 0.205 e. The van der Waals surface area contributed by atoms with E-state index in [9.17, 15) is 0 Å². The van der Waals surface area contributed by atoms with Gasteiger partial charge in [0.05, 0.1) is 12.7 Å². The minimum atomic E-state index is 0.151. The van der Waals surface area contributed by atoms with Crippen molar-refractivity contribution in [3.63, 3.8) is 0 Å². The quantitative estimate of drug-likeness (QED) is 0.803. The van der Waals surface area contributed by atoms with Crippen LogP contribution in [0.2, 0.25) is 0 Å². The highest BCUT2D eigenvalue weighted by atomic mass is 16.5. The first kappa shape index (κ1) is 10.1. The lowest BCUT2D eigenvalue weighted by Crippen LogP contribution is -2.46. The highest BCUT2D eigenvalue weighted by Crippen LogP contribution is 2.37. The van der Waals surface area contributed by atoms with Crippen molar-refractivity contribution >= 4 is 5.95 Å². The minimum Gasteiger partial charge on any atom is -0.373 e. The molecule has 2 fully saturated rings. The van der Waals surface area contributed by atoms with E-state index >= 15 is 0 Å². The summed E-state index contributed by atoms with van der Waals surface area (Å²) in [6.45, 7) is 3.11. The summed E-state index contributed by atoms with van der Waals surface area (Å²) < 4.78 is 7.86. The Kier molecular flexibility index (Phi) is 2.57. The van der Waals surface area contributed by atoms with Crippen LogP contribution in [-0.2, 0) is 4.74 Å². The van der Waals surface area contributed by atoms with Crippen LogP contribution in [0.3, 0.4) is 0 Å². The van der Waals surface area contributed by atoms with Gasteiger partial charge in [0.2, 0.25) is 5.95 Å². The molecule has 1 aromatic rings. The van der Waals surface area contributed by atoms with E-state index in [-0.39, 0.29) is 6.10 Å². The van der Waals surface area contributed by atoms with Crippen LogP contribution in [0, 0.1) is 0 Å². The summed E-state index contributed by atoms with van der Waals surface area (Å²) in [4.78, 5) is 6.75. The lowest BCUT2D eigenvalue weighted by Gasteiger charge is -2.33. The SMILES string of the molecule is NCC1CN(c2nccn2C2CC2)CCO1. The number of aromatic nitrogens is 2. The number of nitrogens with two attached hydrogens (primary N) is 1. The second-order valence-corrected chi connectivity index (χ2v) is 4.54. The van der Waals surface area contributed by atoms with Crippen molar-refractivity contribution in [3.05, 3.63) is 12.4 Å². The van der Waals surface area contributed by atoms with E-state index in [0.717, 1.165) is 25.6 Å². The molecule has 1 atom stereocenters. The van der Waals surface area contributed by atoms with Crippen molar-refractivity contribution < 1.29 is 4.74 Å². The van der Waals surface area contributed by atoms with Crippen LogP contribution >= 0.6 is 0 Å². The fourth-order valence-corrected chi connectivity index (χ4v) is 2.23. The third kappa shape index (κ3) is 1.81. The molecule has 0 amide bonds. The van der Waals surface area contributed by atoms with Crippen LogP contribution in [0.5, 0.6) is 0 Å². The van der Waals surface area contributed by atoms with Gasteiger partial charge in [0.1, 0.15) is 0 Å². The van der Waals surface area contributed by atoms with Gasteiger partial charge < -0.3 is 19.9 Å². The molecule has 1 aromatic heterocycles. The Labute approximate surface area is 95.2 Å². The average Bonchev–Trinajstić information content (AvgIpc) is 3.07. The number of hydrogen-bond acceptors (Lipinski definition) is 4. The Morgan fingerprint density at radius 2 is 2.38 bits per heavy atom. The van der Waals surface area contributed by atoms with Crippen molar-refractivity contribution in [2.24, 2.45) is 5.73 Å². The third-order valence-electron chi connectivity index (χ3n) is 3.27. The standard InChI is InChI=1S/C11H18N4O/c12-7-10-8-14(5-6-16-10)11-13-3-4-15(11)9-1-2-9/h3-4,9-10H,1-2,5-8,12H2. The van der Waals surface area contributed by atoms with Gasteiger partial charge in [0, 0.05) is 38.1 Å². The second kappa shape index (κ2) is 4.07. The van der Waals surface area contributed by atoms with Gasteiger partial charge in [-0.2, -0.15) is 0 Å². The van der Waals surface area contributed by atoms with Gasteiger partial charge in [-0.15, -0.1) is 0 Å². The first-order valence-corrected chi connectivity index (χ1v) is 5.98. The summed E-state index contributed by atoms with van der Waals surface area (Å²) in [6, 6.07) is 0.677. The molecule has 1 saturated carbocycles. The van der Waals surface area contributed by atoms with Crippen molar-refractivity contribution in [2.45, 2.75) is 25.0 Å². The van der Waals surface area contributed by atoms with Gasteiger partial charge in [-0.25, -0.2) is 4.98 Å². The molecule has 5 nitrogen and oxygen atoms in total. The summed E-state index contributed by atoms with van der Waals surface area (Å²) in [6.07, 6.45) is 6.70. The zero-order valence-corrected chi connectivity index (χ0v) is 9.38. The minimum absolute atomic E-state index is 0.151. The topological polar surface area (TPSA) is 56.3 Å². The zero-order chi connectivity index (χ0) is 11.0. The fraction of sp³-hybridized carbons (Fsp3) is 0.727. The number of ether oxygens (including phenoxy) is 1. The molecule has 1 unspecified atom stereocenters. The van der Waals surface area contributed by atoms with Gasteiger partial charge in [0.15, 0.2) is 0 Å². The average molecular weight is 222 g/mol. The summed E-state index contributed by atoms with van der Waals surface area (Å²) in [5.74, 6) is 1.09. The summed E-state index contributed by atoms with van der Waals surface area (Å²) in [5.41, 5.74) is 5.65. The van der Waals surface area contributed by atoms with E-state index in [2.05, 4.69) is 20.6 Å². The first-order chi connectivity index (χ1) is 7.88. The summed E-state index contributed by atoms with van der Waals surface area (Å²) >= 11 is 0. The van der Waals surface area contributed by atoms with Crippen LogP contribution in [-0.4, -0.2) is 41.9 Å². The van der Waals surface area contributed by atoms with E-state index in [1.807, 2.05) is 6.20 Å².